The summed E-state index contributed by atoms with van der Waals surface area (Å²) in [5.74, 6) is -9.92. The molecule has 0 spiro atoms. The maximum Gasteiger partial charge on any atom is 0.200 e. The van der Waals surface area contributed by atoms with Gasteiger partial charge in [-0.25, -0.2) is 22.0 Å². The van der Waals surface area contributed by atoms with Gasteiger partial charge < -0.3 is 9.47 Å². The predicted octanol–water partition coefficient (Wildman–Crippen LogP) is 14.3. The lowest BCUT2D eigenvalue weighted by Crippen LogP contribution is -2.10. The van der Waals surface area contributed by atoms with E-state index in [1.807, 2.05) is 83.8 Å². The van der Waals surface area contributed by atoms with Crippen molar-refractivity contribution >= 4 is 38.9 Å². The summed E-state index contributed by atoms with van der Waals surface area (Å²) in [6.07, 6.45) is 0. The minimum absolute atomic E-state index is 0.143. The molecule has 0 saturated carbocycles. The zero-order valence-electron chi connectivity index (χ0n) is 30.0. The van der Waals surface area contributed by atoms with Gasteiger partial charge in [-0.15, -0.1) is 0 Å². The fourth-order valence-electron chi connectivity index (χ4n) is 7.44. The Balaban J connectivity index is 1.11. The van der Waals surface area contributed by atoms with Crippen LogP contribution in [0.5, 0.6) is 0 Å². The molecule has 0 unspecified atom stereocenters. The molecule has 0 fully saturated rings. The number of para-hydroxylation sites is 1. The number of benzene rings is 8. The van der Waals surface area contributed by atoms with Crippen LogP contribution >= 0.6 is 0 Å². The van der Waals surface area contributed by atoms with E-state index in [0.29, 0.717) is 5.69 Å². The van der Waals surface area contributed by atoms with E-state index in [2.05, 4.69) is 78.2 Å². The van der Waals surface area contributed by atoms with Gasteiger partial charge in [-0.2, -0.15) is 0 Å². The number of hydrogen-bond acceptors (Lipinski definition) is 1. The largest absolute Gasteiger partial charge is 0.311 e. The Kier molecular flexibility index (Phi) is 8.70. The molecular formula is C49H31F5N2. The van der Waals surface area contributed by atoms with Crippen LogP contribution in [0.15, 0.2) is 170 Å². The molecule has 272 valence electrons. The van der Waals surface area contributed by atoms with Crippen molar-refractivity contribution in [3.05, 3.63) is 205 Å². The van der Waals surface area contributed by atoms with Crippen LogP contribution in [0.4, 0.5) is 39.0 Å². The summed E-state index contributed by atoms with van der Waals surface area (Å²) >= 11 is 0. The van der Waals surface area contributed by atoms with Crippen LogP contribution in [0.2, 0.25) is 0 Å². The van der Waals surface area contributed by atoms with Crippen molar-refractivity contribution in [3.63, 3.8) is 0 Å². The van der Waals surface area contributed by atoms with Gasteiger partial charge in [-0.05, 0) is 101 Å². The Morgan fingerprint density at radius 3 is 1.41 bits per heavy atom. The summed E-state index contributed by atoms with van der Waals surface area (Å²) in [5, 5.41) is 2.29. The molecule has 9 aromatic rings. The first-order valence-corrected chi connectivity index (χ1v) is 18.0. The van der Waals surface area contributed by atoms with Crippen molar-refractivity contribution in [2.24, 2.45) is 0 Å². The van der Waals surface area contributed by atoms with Crippen molar-refractivity contribution < 1.29 is 22.0 Å². The molecule has 7 heteroatoms. The van der Waals surface area contributed by atoms with Crippen LogP contribution in [0.1, 0.15) is 5.56 Å². The lowest BCUT2D eigenvalue weighted by molar-refractivity contribution is 0.381. The molecule has 0 aliphatic rings. The van der Waals surface area contributed by atoms with Gasteiger partial charge in [0.05, 0.1) is 16.6 Å². The van der Waals surface area contributed by atoms with Crippen molar-refractivity contribution in [1.29, 1.82) is 0 Å². The average molecular weight is 743 g/mol. The Morgan fingerprint density at radius 1 is 0.375 bits per heavy atom. The summed E-state index contributed by atoms with van der Waals surface area (Å²) in [5.41, 5.74) is 9.73. The summed E-state index contributed by atoms with van der Waals surface area (Å²) in [7, 11) is 0. The standard InChI is InChI=1S/C49H31F5N2/c1-30-11-20-39(21-12-30)56-42-10-6-5-9-40(42)41-29-35(19-28-43(41)56)33-15-24-37(25-16-33)55(36-22-13-32(14-23-36)31-7-3-2-4-8-31)38-26-17-34(18-27-38)44-45(50)47(52)49(54)48(53)46(44)51/h2-29H,1H3. The van der Waals surface area contributed by atoms with Crippen LogP contribution < -0.4 is 4.90 Å². The van der Waals surface area contributed by atoms with Crippen molar-refractivity contribution in [3.8, 4) is 39.1 Å². The topological polar surface area (TPSA) is 8.17 Å². The highest BCUT2D eigenvalue weighted by molar-refractivity contribution is 6.10. The summed E-state index contributed by atoms with van der Waals surface area (Å²) < 4.78 is 73.8. The van der Waals surface area contributed by atoms with E-state index < -0.39 is 34.6 Å². The average Bonchev–Trinajstić information content (AvgIpc) is 3.58. The van der Waals surface area contributed by atoms with Crippen LogP contribution in [-0.4, -0.2) is 4.57 Å². The zero-order valence-corrected chi connectivity index (χ0v) is 30.0. The van der Waals surface area contributed by atoms with Crippen LogP contribution in [0.3, 0.4) is 0 Å². The second kappa shape index (κ2) is 14.0. The Morgan fingerprint density at radius 2 is 0.821 bits per heavy atom. The molecule has 0 atom stereocenters. The van der Waals surface area contributed by atoms with Gasteiger partial charge in [0.25, 0.3) is 0 Å². The molecule has 2 nitrogen and oxygen atoms in total. The highest BCUT2D eigenvalue weighted by atomic mass is 19.2. The lowest BCUT2D eigenvalue weighted by atomic mass is 10.0. The van der Waals surface area contributed by atoms with E-state index >= 15 is 0 Å². The highest BCUT2D eigenvalue weighted by Crippen LogP contribution is 2.40. The van der Waals surface area contributed by atoms with E-state index in [1.54, 1.807) is 12.1 Å². The molecule has 1 aromatic heterocycles. The number of aromatic nitrogens is 1. The van der Waals surface area contributed by atoms with Gasteiger partial charge in [0, 0.05) is 33.5 Å². The second-order valence-corrected chi connectivity index (χ2v) is 13.7. The van der Waals surface area contributed by atoms with Gasteiger partial charge in [0.1, 0.15) is 0 Å². The zero-order chi connectivity index (χ0) is 38.5. The number of rotatable bonds is 7. The number of aryl methyl sites for hydroxylation is 1. The van der Waals surface area contributed by atoms with Crippen molar-refractivity contribution in [2.45, 2.75) is 6.92 Å². The molecule has 0 N–H and O–H groups in total. The van der Waals surface area contributed by atoms with E-state index in [9.17, 15) is 22.0 Å². The SMILES string of the molecule is Cc1ccc(-n2c3ccccc3c3cc(-c4ccc(N(c5ccc(-c6ccccc6)cc5)c5ccc(-c6c(F)c(F)c(F)c(F)c6F)cc5)cc4)ccc32)cc1. The summed E-state index contributed by atoms with van der Waals surface area (Å²) in [4.78, 5) is 1.97. The first kappa shape index (κ1) is 34.8. The van der Waals surface area contributed by atoms with Crippen LogP contribution in [-0.2, 0) is 0 Å². The molecule has 0 saturated heterocycles. The number of fused-ring (bicyclic) bond motifs is 3. The van der Waals surface area contributed by atoms with Gasteiger partial charge in [-0.1, -0.05) is 109 Å². The predicted molar refractivity (Wildman–Crippen MR) is 216 cm³/mol. The van der Waals surface area contributed by atoms with E-state index in [0.717, 1.165) is 61.1 Å². The normalized spacial score (nSPS) is 11.4. The quantitative estimate of drug-likeness (QED) is 0.0897. The molecule has 0 aliphatic heterocycles. The van der Waals surface area contributed by atoms with E-state index in [1.165, 1.54) is 17.7 Å². The molecule has 56 heavy (non-hydrogen) atoms. The monoisotopic (exact) mass is 742 g/mol. The molecule has 0 aliphatic carbocycles. The maximum absolute atomic E-state index is 14.8. The molecule has 9 rings (SSSR count). The fraction of sp³-hybridized carbons (Fsp3) is 0.0204. The minimum Gasteiger partial charge on any atom is -0.311 e. The first-order chi connectivity index (χ1) is 27.3. The van der Waals surface area contributed by atoms with Gasteiger partial charge >= 0.3 is 0 Å². The van der Waals surface area contributed by atoms with E-state index in [-0.39, 0.29) is 5.56 Å². The Labute approximate surface area is 320 Å². The number of hydrogen-bond donors (Lipinski definition) is 0. The lowest BCUT2D eigenvalue weighted by Gasteiger charge is -2.26. The molecule has 0 amide bonds. The van der Waals surface area contributed by atoms with E-state index in [4.69, 9.17) is 0 Å². The smallest absolute Gasteiger partial charge is 0.200 e. The Hall–Kier alpha value is -6.99. The number of anilines is 3. The van der Waals surface area contributed by atoms with Crippen molar-refractivity contribution in [1.82, 2.24) is 4.57 Å². The Bertz CT molecular complexity index is 2850. The van der Waals surface area contributed by atoms with Crippen LogP contribution in [0.25, 0.3) is 60.9 Å². The third-order valence-corrected chi connectivity index (χ3v) is 10.3. The number of nitrogens with zero attached hydrogens (tertiary/aromatic N) is 2. The highest BCUT2D eigenvalue weighted by Gasteiger charge is 2.27. The fourth-order valence-corrected chi connectivity index (χ4v) is 7.44. The number of halogens is 5. The first-order valence-electron chi connectivity index (χ1n) is 18.0. The minimum atomic E-state index is -2.19. The summed E-state index contributed by atoms with van der Waals surface area (Å²) in [6.45, 7) is 2.08. The molecule has 1 heterocycles. The van der Waals surface area contributed by atoms with Gasteiger partial charge in [0.15, 0.2) is 23.3 Å². The maximum atomic E-state index is 14.8. The molecule has 8 aromatic carbocycles. The van der Waals surface area contributed by atoms with Gasteiger partial charge in [0.2, 0.25) is 5.82 Å². The van der Waals surface area contributed by atoms with Crippen LogP contribution in [0, 0.1) is 36.0 Å². The second-order valence-electron chi connectivity index (χ2n) is 13.7. The molecular weight excluding hydrogens is 712 g/mol. The third-order valence-electron chi connectivity index (χ3n) is 10.3. The third kappa shape index (κ3) is 5.98. The van der Waals surface area contributed by atoms with Gasteiger partial charge in [-0.3, -0.25) is 0 Å². The molecule has 0 bridgehead atoms. The summed E-state index contributed by atoms with van der Waals surface area (Å²) in [6, 6.07) is 55.4. The van der Waals surface area contributed by atoms with Crippen molar-refractivity contribution in [2.75, 3.05) is 4.90 Å². The molecule has 0 radical (unpaired) electrons.